The summed E-state index contributed by atoms with van der Waals surface area (Å²) in [4.78, 5) is 2.39. The van der Waals surface area contributed by atoms with Crippen molar-refractivity contribution in [3.63, 3.8) is 0 Å². The van der Waals surface area contributed by atoms with E-state index < -0.39 is 0 Å². The van der Waals surface area contributed by atoms with Gasteiger partial charge in [0.2, 0.25) is 0 Å². The molecule has 0 aromatic heterocycles. The SMILES string of the molecule is COc1ccc(C(CN)N2CCOCC2)cc1C. The molecule has 18 heavy (non-hydrogen) atoms. The zero-order valence-electron chi connectivity index (χ0n) is 11.2. The van der Waals surface area contributed by atoms with Gasteiger partial charge in [-0.1, -0.05) is 12.1 Å². The van der Waals surface area contributed by atoms with Gasteiger partial charge in [-0.2, -0.15) is 0 Å². The molecule has 100 valence electrons. The maximum atomic E-state index is 5.94. The summed E-state index contributed by atoms with van der Waals surface area (Å²) >= 11 is 0. The Hall–Kier alpha value is -1.10. The number of morpholine rings is 1. The van der Waals surface area contributed by atoms with Gasteiger partial charge >= 0.3 is 0 Å². The molecule has 0 saturated carbocycles. The molecule has 0 spiro atoms. The Labute approximate surface area is 109 Å². The Kier molecular flexibility index (Phi) is 4.58. The average molecular weight is 250 g/mol. The Morgan fingerprint density at radius 2 is 2.11 bits per heavy atom. The molecule has 0 radical (unpaired) electrons. The summed E-state index contributed by atoms with van der Waals surface area (Å²) in [5, 5.41) is 0. The van der Waals surface area contributed by atoms with Crippen LogP contribution in [-0.4, -0.2) is 44.9 Å². The number of ether oxygens (including phenoxy) is 2. The minimum atomic E-state index is 0.276. The quantitative estimate of drug-likeness (QED) is 0.876. The fourth-order valence-electron chi connectivity index (χ4n) is 2.49. The zero-order valence-corrected chi connectivity index (χ0v) is 11.2. The van der Waals surface area contributed by atoms with Crippen molar-refractivity contribution < 1.29 is 9.47 Å². The van der Waals surface area contributed by atoms with E-state index >= 15 is 0 Å². The van der Waals surface area contributed by atoms with E-state index in [2.05, 4.69) is 24.0 Å². The molecule has 1 aliphatic rings. The normalized spacial score (nSPS) is 18.6. The summed E-state index contributed by atoms with van der Waals surface area (Å²) in [5.41, 5.74) is 8.36. The van der Waals surface area contributed by atoms with Gasteiger partial charge in [-0.05, 0) is 24.1 Å². The minimum absolute atomic E-state index is 0.276. The number of nitrogens with zero attached hydrogens (tertiary/aromatic N) is 1. The van der Waals surface area contributed by atoms with Gasteiger partial charge in [0, 0.05) is 25.7 Å². The molecule has 0 amide bonds. The summed E-state index contributed by atoms with van der Waals surface area (Å²) in [6.45, 7) is 6.19. The van der Waals surface area contributed by atoms with Gasteiger partial charge in [0.1, 0.15) is 5.75 Å². The topological polar surface area (TPSA) is 47.7 Å². The van der Waals surface area contributed by atoms with Gasteiger partial charge in [0.05, 0.1) is 20.3 Å². The lowest BCUT2D eigenvalue weighted by molar-refractivity contribution is 0.0179. The van der Waals surface area contributed by atoms with Crippen LogP contribution >= 0.6 is 0 Å². The van der Waals surface area contributed by atoms with E-state index in [-0.39, 0.29) is 6.04 Å². The summed E-state index contributed by atoms with van der Waals surface area (Å²) in [6.07, 6.45) is 0. The molecule has 0 aliphatic carbocycles. The highest BCUT2D eigenvalue weighted by atomic mass is 16.5. The van der Waals surface area contributed by atoms with E-state index in [0.29, 0.717) is 6.54 Å². The third-order valence-electron chi connectivity index (χ3n) is 3.51. The summed E-state index contributed by atoms with van der Waals surface area (Å²) in [7, 11) is 1.70. The van der Waals surface area contributed by atoms with Crippen LogP contribution in [0.5, 0.6) is 5.75 Å². The van der Waals surface area contributed by atoms with Gasteiger partial charge < -0.3 is 15.2 Å². The van der Waals surface area contributed by atoms with Gasteiger partial charge in [-0.3, -0.25) is 4.90 Å². The number of hydrogen-bond donors (Lipinski definition) is 1. The number of aryl methyl sites for hydroxylation is 1. The average Bonchev–Trinajstić information content (AvgIpc) is 2.41. The van der Waals surface area contributed by atoms with Crippen molar-refractivity contribution in [1.82, 2.24) is 4.90 Å². The molecular weight excluding hydrogens is 228 g/mol. The molecule has 4 nitrogen and oxygen atoms in total. The number of rotatable bonds is 4. The van der Waals surface area contributed by atoms with Crippen LogP contribution in [0.15, 0.2) is 18.2 Å². The highest BCUT2D eigenvalue weighted by Gasteiger charge is 2.21. The highest BCUT2D eigenvalue weighted by Crippen LogP contribution is 2.26. The van der Waals surface area contributed by atoms with E-state index in [9.17, 15) is 0 Å². The predicted octanol–water partition coefficient (Wildman–Crippen LogP) is 1.34. The zero-order chi connectivity index (χ0) is 13.0. The second-order valence-corrected chi connectivity index (χ2v) is 4.63. The number of benzene rings is 1. The van der Waals surface area contributed by atoms with Crippen molar-refractivity contribution in [3.8, 4) is 5.75 Å². The molecule has 1 fully saturated rings. The molecule has 1 aromatic rings. The van der Waals surface area contributed by atoms with Crippen molar-refractivity contribution in [1.29, 1.82) is 0 Å². The molecule has 2 rings (SSSR count). The second-order valence-electron chi connectivity index (χ2n) is 4.63. The summed E-state index contributed by atoms with van der Waals surface area (Å²) in [5.74, 6) is 0.927. The van der Waals surface area contributed by atoms with E-state index in [1.807, 2.05) is 6.07 Å². The molecule has 4 heteroatoms. The summed E-state index contributed by atoms with van der Waals surface area (Å²) in [6, 6.07) is 6.58. The molecule has 1 unspecified atom stereocenters. The molecule has 0 bridgehead atoms. The Morgan fingerprint density at radius 3 is 2.67 bits per heavy atom. The lowest BCUT2D eigenvalue weighted by Gasteiger charge is -2.34. The lowest BCUT2D eigenvalue weighted by atomic mass is 10.0. The molecular formula is C14H22N2O2. The van der Waals surface area contributed by atoms with Crippen LogP contribution in [-0.2, 0) is 4.74 Å². The van der Waals surface area contributed by atoms with Crippen LogP contribution in [0.3, 0.4) is 0 Å². The van der Waals surface area contributed by atoms with Gasteiger partial charge in [-0.15, -0.1) is 0 Å². The molecule has 2 N–H and O–H groups in total. The highest BCUT2D eigenvalue weighted by molar-refractivity contribution is 5.37. The second kappa shape index (κ2) is 6.18. The van der Waals surface area contributed by atoms with Crippen LogP contribution in [0.25, 0.3) is 0 Å². The van der Waals surface area contributed by atoms with E-state index in [0.717, 1.165) is 37.6 Å². The Bertz CT molecular complexity index is 389. The molecule has 1 aromatic carbocycles. The first kappa shape index (κ1) is 13.3. The van der Waals surface area contributed by atoms with Crippen molar-refractivity contribution in [3.05, 3.63) is 29.3 Å². The van der Waals surface area contributed by atoms with Crippen molar-refractivity contribution >= 4 is 0 Å². The van der Waals surface area contributed by atoms with Crippen LogP contribution in [0.1, 0.15) is 17.2 Å². The largest absolute Gasteiger partial charge is 0.496 e. The van der Waals surface area contributed by atoms with Crippen LogP contribution in [0.2, 0.25) is 0 Å². The first-order chi connectivity index (χ1) is 8.76. The number of nitrogens with two attached hydrogens (primary N) is 1. The molecule has 1 atom stereocenters. The van der Waals surface area contributed by atoms with E-state index in [4.69, 9.17) is 15.2 Å². The molecule has 1 heterocycles. The predicted molar refractivity (Wildman–Crippen MR) is 71.9 cm³/mol. The number of hydrogen-bond acceptors (Lipinski definition) is 4. The Balaban J connectivity index is 2.18. The van der Waals surface area contributed by atoms with Crippen molar-refractivity contribution in [2.45, 2.75) is 13.0 Å². The number of methoxy groups -OCH3 is 1. The lowest BCUT2D eigenvalue weighted by Crippen LogP contribution is -2.41. The van der Waals surface area contributed by atoms with Crippen LogP contribution < -0.4 is 10.5 Å². The fraction of sp³-hybridized carbons (Fsp3) is 0.571. The van der Waals surface area contributed by atoms with E-state index in [1.54, 1.807) is 7.11 Å². The van der Waals surface area contributed by atoms with Crippen LogP contribution in [0.4, 0.5) is 0 Å². The van der Waals surface area contributed by atoms with E-state index in [1.165, 1.54) is 5.56 Å². The maximum absolute atomic E-state index is 5.94. The van der Waals surface area contributed by atoms with Gasteiger partial charge in [0.25, 0.3) is 0 Å². The first-order valence-corrected chi connectivity index (χ1v) is 6.42. The minimum Gasteiger partial charge on any atom is -0.496 e. The van der Waals surface area contributed by atoms with Crippen molar-refractivity contribution in [2.75, 3.05) is 40.0 Å². The standard InChI is InChI=1S/C14H22N2O2/c1-11-9-12(3-4-14(11)17-2)13(10-15)16-5-7-18-8-6-16/h3-4,9,13H,5-8,10,15H2,1-2H3. The first-order valence-electron chi connectivity index (χ1n) is 6.42. The third-order valence-corrected chi connectivity index (χ3v) is 3.51. The fourth-order valence-corrected chi connectivity index (χ4v) is 2.49. The smallest absolute Gasteiger partial charge is 0.121 e. The third kappa shape index (κ3) is 2.83. The maximum Gasteiger partial charge on any atom is 0.121 e. The van der Waals surface area contributed by atoms with Gasteiger partial charge in [-0.25, -0.2) is 0 Å². The molecule has 1 saturated heterocycles. The van der Waals surface area contributed by atoms with Gasteiger partial charge in [0.15, 0.2) is 0 Å². The summed E-state index contributed by atoms with van der Waals surface area (Å²) < 4.78 is 10.7. The van der Waals surface area contributed by atoms with Crippen molar-refractivity contribution in [2.24, 2.45) is 5.73 Å². The Morgan fingerprint density at radius 1 is 1.39 bits per heavy atom. The monoisotopic (exact) mass is 250 g/mol. The molecule has 1 aliphatic heterocycles. The van der Waals surface area contributed by atoms with Crippen LogP contribution in [0, 0.1) is 6.92 Å².